The van der Waals surface area contributed by atoms with Crippen LogP contribution in [0.5, 0.6) is 0 Å². The number of benzene rings is 2. The Kier molecular flexibility index (Phi) is 7.22. The molecule has 6 nitrogen and oxygen atoms in total. The molecule has 0 bridgehead atoms. The van der Waals surface area contributed by atoms with Crippen molar-refractivity contribution in [3.63, 3.8) is 0 Å². The molecule has 0 aliphatic carbocycles. The van der Waals surface area contributed by atoms with E-state index in [1.54, 1.807) is 0 Å². The van der Waals surface area contributed by atoms with Gasteiger partial charge in [-0.1, -0.05) is 60.2 Å². The van der Waals surface area contributed by atoms with Crippen molar-refractivity contribution in [1.29, 1.82) is 0 Å². The number of morpholine rings is 1. The monoisotopic (exact) mass is 422 g/mol. The van der Waals surface area contributed by atoms with E-state index in [-0.39, 0.29) is 6.10 Å². The van der Waals surface area contributed by atoms with Gasteiger partial charge in [0, 0.05) is 32.7 Å². The molecular weight excluding hydrogens is 388 g/mol. The number of rotatable bonds is 6. The zero-order valence-corrected chi connectivity index (χ0v) is 18.6. The average molecular weight is 423 g/mol. The van der Waals surface area contributed by atoms with Crippen LogP contribution < -0.4 is 5.32 Å². The van der Waals surface area contributed by atoms with Crippen molar-refractivity contribution in [2.45, 2.75) is 38.6 Å². The number of nitrogens with zero attached hydrogens (tertiary/aromatic N) is 3. The predicted molar refractivity (Wildman–Crippen MR) is 124 cm³/mol. The number of nitrogens with one attached hydrogen (secondary N) is 1. The summed E-state index contributed by atoms with van der Waals surface area (Å²) in [7, 11) is 0. The lowest BCUT2D eigenvalue weighted by atomic mass is 10.1. The van der Waals surface area contributed by atoms with E-state index in [0.717, 1.165) is 50.9 Å². The first-order valence-corrected chi connectivity index (χ1v) is 11.3. The Balaban J connectivity index is 1.42. The minimum atomic E-state index is -0.607. The summed E-state index contributed by atoms with van der Waals surface area (Å²) in [6.45, 7) is 9.61. The highest BCUT2D eigenvalue weighted by Crippen LogP contribution is 2.25. The van der Waals surface area contributed by atoms with Crippen LogP contribution in [0.3, 0.4) is 0 Å². The molecule has 2 aliphatic rings. The van der Waals surface area contributed by atoms with E-state index in [2.05, 4.69) is 52.4 Å². The Morgan fingerprint density at radius 1 is 1.16 bits per heavy atom. The van der Waals surface area contributed by atoms with Gasteiger partial charge in [0.25, 0.3) is 0 Å². The lowest BCUT2D eigenvalue weighted by Crippen LogP contribution is -2.50. The third-order valence-corrected chi connectivity index (χ3v) is 6.16. The molecule has 31 heavy (non-hydrogen) atoms. The normalized spacial score (nSPS) is 22.9. The van der Waals surface area contributed by atoms with Gasteiger partial charge in [0.05, 0.1) is 31.4 Å². The molecule has 2 N–H and O–H groups in total. The summed E-state index contributed by atoms with van der Waals surface area (Å²) in [5, 5.41) is 14.0. The first-order chi connectivity index (χ1) is 15.1. The molecule has 3 unspecified atom stereocenters. The molecule has 0 saturated carbocycles. The van der Waals surface area contributed by atoms with E-state index < -0.39 is 6.10 Å². The molecule has 3 atom stereocenters. The quantitative estimate of drug-likeness (QED) is 0.554. The first kappa shape index (κ1) is 21.8. The van der Waals surface area contributed by atoms with Crippen LogP contribution in [-0.4, -0.2) is 72.3 Å². The van der Waals surface area contributed by atoms with Crippen LogP contribution in [0.15, 0.2) is 59.6 Å². The summed E-state index contributed by atoms with van der Waals surface area (Å²) >= 11 is 0. The fourth-order valence-corrected chi connectivity index (χ4v) is 4.44. The van der Waals surface area contributed by atoms with Crippen molar-refractivity contribution in [3.8, 4) is 0 Å². The number of ether oxygens (including phenoxy) is 1. The van der Waals surface area contributed by atoms with Crippen LogP contribution >= 0.6 is 0 Å². The van der Waals surface area contributed by atoms with Gasteiger partial charge in [0.15, 0.2) is 5.96 Å². The molecule has 2 aromatic rings. The molecule has 2 aromatic carbocycles. The first-order valence-electron chi connectivity index (χ1n) is 11.3. The lowest BCUT2D eigenvalue weighted by molar-refractivity contribution is -0.0502. The summed E-state index contributed by atoms with van der Waals surface area (Å²) in [5.74, 6) is 0.853. The molecule has 0 radical (unpaired) electrons. The number of hydrogen-bond donors (Lipinski definition) is 2. The minimum absolute atomic E-state index is 0.184. The second-order valence-corrected chi connectivity index (χ2v) is 8.46. The van der Waals surface area contributed by atoms with Gasteiger partial charge in [0.2, 0.25) is 0 Å². The molecule has 0 spiro atoms. The topological polar surface area (TPSA) is 60.3 Å². The number of aliphatic hydroxyl groups is 1. The molecular formula is C25H34N4O2. The Morgan fingerprint density at radius 2 is 1.94 bits per heavy atom. The number of fused-ring (bicyclic) bond motifs is 1. The van der Waals surface area contributed by atoms with Crippen molar-refractivity contribution in [3.05, 3.63) is 71.3 Å². The van der Waals surface area contributed by atoms with E-state index in [1.807, 2.05) is 31.2 Å². The highest BCUT2D eigenvalue weighted by Gasteiger charge is 2.41. The summed E-state index contributed by atoms with van der Waals surface area (Å²) in [4.78, 5) is 9.59. The lowest BCUT2D eigenvalue weighted by Gasteiger charge is -2.36. The fraction of sp³-hybridized carbons (Fsp3) is 0.480. The van der Waals surface area contributed by atoms with Crippen LogP contribution in [-0.2, 0) is 11.3 Å². The third-order valence-electron chi connectivity index (χ3n) is 6.16. The Hall–Kier alpha value is -2.41. The maximum absolute atomic E-state index is 10.6. The summed E-state index contributed by atoms with van der Waals surface area (Å²) in [5.41, 5.74) is 3.42. The van der Waals surface area contributed by atoms with Crippen molar-refractivity contribution in [1.82, 2.24) is 15.1 Å². The van der Waals surface area contributed by atoms with Crippen LogP contribution in [0.1, 0.15) is 29.7 Å². The van der Waals surface area contributed by atoms with Gasteiger partial charge in [0.1, 0.15) is 0 Å². The number of hydrogen-bond acceptors (Lipinski definition) is 4. The average Bonchev–Trinajstić information content (AvgIpc) is 3.23. The van der Waals surface area contributed by atoms with Crippen molar-refractivity contribution >= 4 is 5.96 Å². The second-order valence-electron chi connectivity index (χ2n) is 8.46. The van der Waals surface area contributed by atoms with Gasteiger partial charge in [-0.2, -0.15) is 0 Å². The van der Waals surface area contributed by atoms with E-state index in [4.69, 9.17) is 9.73 Å². The molecule has 2 fully saturated rings. The standard InChI is InChI=1S/C25H34N4O2/c1-3-26-25(27-15-23(30)21-11-9-19(2)10-12-21)29-17-22-24(18-29)31-14-13-28(22)16-20-7-5-4-6-8-20/h4-12,22-24,30H,3,13-18H2,1-2H3,(H,26,27). The Labute approximate surface area is 185 Å². The van der Waals surface area contributed by atoms with E-state index in [0.29, 0.717) is 12.6 Å². The maximum Gasteiger partial charge on any atom is 0.194 e. The molecule has 2 saturated heterocycles. The van der Waals surface area contributed by atoms with Crippen LogP contribution in [0, 0.1) is 6.92 Å². The summed E-state index contributed by atoms with van der Waals surface area (Å²) in [6, 6.07) is 19.0. The van der Waals surface area contributed by atoms with Gasteiger partial charge in [-0.25, -0.2) is 0 Å². The smallest absolute Gasteiger partial charge is 0.194 e. The highest BCUT2D eigenvalue weighted by molar-refractivity contribution is 5.80. The molecule has 4 rings (SSSR count). The molecule has 166 valence electrons. The van der Waals surface area contributed by atoms with Gasteiger partial charge in [-0.3, -0.25) is 9.89 Å². The van der Waals surface area contributed by atoms with Crippen LogP contribution in [0.25, 0.3) is 0 Å². The SMILES string of the molecule is CCNC(=NCC(O)c1ccc(C)cc1)N1CC2OCCN(Cc3ccccc3)C2C1. The number of guanidine groups is 1. The number of aliphatic hydroxyl groups excluding tert-OH is 1. The van der Waals surface area contributed by atoms with Crippen molar-refractivity contribution in [2.24, 2.45) is 4.99 Å². The minimum Gasteiger partial charge on any atom is -0.386 e. The molecule has 2 heterocycles. The van der Waals surface area contributed by atoms with Crippen LogP contribution in [0.4, 0.5) is 0 Å². The van der Waals surface area contributed by atoms with Crippen molar-refractivity contribution < 1.29 is 9.84 Å². The van der Waals surface area contributed by atoms with Gasteiger partial charge in [-0.05, 0) is 25.0 Å². The maximum atomic E-state index is 10.6. The van der Waals surface area contributed by atoms with Crippen molar-refractivity contribution in [2.75, 3.05) is 39.3 Å². The number of aryl methyl sites for hydroxylation is 1. The van der Waals surface area contributed by atoms with Crippen LogP contribution in [0.2, 0.25) is 0 Å². The second kappa shape index (κ2) is 10.3. The molecule has 0 amide bonds. The number of aliphatic imine (C=N–C) groups is 1. The molecule has 6 heteroatoms. The van der Waals surface area contributed by atoms with Gasteiger partial charge in [-0.15, -0.1) is 0 Å². The Morgan fingerprint density at radius 3 is 2.68 bits per heavy atom. The summed E-state index contributed by atoms with van der Waals surface area (Å²) < 4.78 is 6.12. The molecule has 0 aromatic heterocycles. The Bertz CT molecular complexity index is 856. The van der Waals surface area contributed by atoms with E-state index in [1.165, 1.54) is 11.1 Å². The van der Waals surface area contributed by atoms with E-state index >= 15 is 0 Å². The summed E-state index contributed by atoms with van der Waals surface area (Å²) in [6.07, 6.45) is -0.423. The predicted octanol–water partition coefficient (Wildman–Crippen LogP) is 2.58. The number of likely N-dealkylation sites (tertiary alicyclic amines) is 1. The van der Waals surface area contributed by atoms with E-state index in [9.17, 15) is 5.11 Å². The fourth-order valence-electron chi connectivity index (χ4n) is 4.44. The largest absolute Gasteiger partial charge is 0.386 e. The third kappa shape index (κ3) is 5.45. The zero-order chi connectivity index (χ0) is 21.6. The molecule has 2 aliphatic heterocycles. The highest BCUT2D eigenvalue weighted by atomic mass is 16.5. The van der Waals surface area contributed by atoms with Gasteiger partial charge < -0.3 is 20.1 Å². The zero-order valence-electron chi connectivity index (χ0n) is 18.6. The van der Waals surface area contributed by atoms with Gasteiger partial charge >= 0.3 is 0 Å².